The van der Waals surface area contributed by atoms with Crippen LogP contribution in [0.3, 0.4) is 0 Å². The van der Waals surface area contributed by atoms with Gasteiger partial charge in [0.25, 0.3) is 0 Å². The molecule has 2 rings (SSSR count). The fourth-order valence-corrected chi connectivity index (χ4v) is 3.22. The summed E-state index contributed by atoms with van der Waals surface area (Å²) in [5.41, 5.74) is 2.93. The number of hydrogen-bond acceptors (Lipinski definition) is 1. The number of aromatic nitrogens is 1. The van der Waals surface area contributed by atoms with E-state index in [1.807, 2.05) is 0 Å². The maximum absolute atomic E-state index is 2.49. The summed E-state index contributed by atoms with van der Waals surface area (Å²) < 4.78 is 2.38. The minimum absolute atomic E-state index is 0. The second kappa shape index (κ2) is 10.2. The van der Waals surface area contributed by atoms with Crippen LogP contribution in [0, 0.1) is 0 Å². The van der Waals surface area contributed by atoms with E-state index in [9.17, 15) is 0 Å². The fraction of sp³-hybridized carbons (Fsp3) is 0.632. The van der Waals surface area contributed by atoms with Crippen LogP contribution >= 0.6 is 0 Å². The lowest BCUT2D eigenvalue weighted by molar-refractivity contribution is -0.697. The Morgan fingerprint density at radius 1 is 1.32 bits per heavy atom. The molecule has 2 nitrogen and oxygen atoms in total. The zero-order valence-corrected chi connectivity index (χ0v) is 16.0. The van der Waals surface area contributed by atoms with Gasteiger partial charge in [-0.25, -0.2) is 4.57 Å². The molecule has 1 atom stereocenters. The fourth-order valence-electron chi connectivity index (χ4n) is 3.22. The molecular formula is C19H31BrN2. The van der Waals surface area contributed by atoms with Crippen LogP contribution in [-0.4, -0.2) is 18.5 Å². The molecule has 1 saturated heterocycles. The standard InChI is InChI=1S/C19H31N2.BrH/c1-17(2)10-6-4-5-7-14-21-15-8-11-18(16-21)19-12-9-13-20(19)3;/h8,10-11,15-16,19H,4-7,9,12-14H2,1-3H3;1H/q+1;/p-1/t19-;/m0./s1. The summed E-state index contributed by atoms with van der Waals surface area (Å²) in [7, 11) is 2.25. The molecule has 1 aromatic rings. The van der Waals surface area contributed by atoms with Crippen LogP contribution in [0.1, 0.15) is 64.0 Å². The van der Waals surface area contributed by atoms with E-state index in [1.165, 1.54) is 56.2 Å². The second-order valence-electron chi connectivity index (χ2n) is 6.64. The number of likely N-dealkylation sites (tertiary alicyclic amines) is 1. The monoisotopic (exact) mass is 366 g/mol. The first-order chi connectivity index (χ1) is 10.2. The summed E-state index contributed by atoms with van der Waals surface area (Å²) in [4.78, 5) is 2.49. The van der Waals surface area contributed by atoms with Crippen molar-refractivity contribution >= 4 is 0 Å². The predicted octanol–water partition coefficient (Wildman–Crippen LogP) is 1.27. The summed E-state index contributed by atoms with van der Waals surface area (Å²) in [5, 5.41) is 0. The van der Waals surface area contributed by atoms with Gasteiger partial charge >= 0.3 is 0 Å². The van der Waals surface area contributed by atoms with Crippen LogP contribution in [0.15, 0.2) is 36.2 Å². The van der Waals surface area contributed by atoms with Gasteiger partial charge in [-0.15, -0.1) is 0 Å². The normalized spacial score (nSPS) is 18.0. The van der Waals surface area contributed by atoms with Gasteiger partial charge < -0.3 is 17.0 Å². The van der Waals surface area contributed by atoms with Crippen molar-refractivity contribution in [2.75, 3.05) is 13.6 Å². The molecule has 1 aliphatic rings. The Morgan fingerprint density at radius 2 is 2.14 bits per heavy atom. The van der Waals surface area contributed by atoms with Crippen molar-refractivity contribution in [3.8, 4) is 0 Å². The highest BCUT2D eigenvalue weighted by atomic mass is 79.9. The number of nitrogens with zero attached hydrogens (tertiary/aromatic N) is 2. The topological polar surface area (TPSA) is 7.12 Å². The largest absolute Gasteiger partial charge is 1.00 e. The van der Waals surface area contributed by atoms with Crippen LogP contribution in [0.5, 0.6) is 0 Å². The third-order valence-electron chi connectivity index (χ3n) is 4.46. The molecule has 0 aromatic carbocycles. The summed E-state index contributed by atoms with van der Waals surface area (Å²) >= 11 is 0. The number of pyridine rings is 1. The van der Waals surface area contributed by atoms with Gasteiger partial charge in [0.05, 0.1) is 0 Å². The molecule has 2 heterocycles. The number of halogens is 1. The van der Waals surface area contributed by atoms with E-state index in [4.69, 9.17) is 0 Å². The minimum Gasteiger partial charge on any atom is -1.00 e. The lowest BCUT2D eigenvalue weighted by atomic mass is 10.1. The van der Waals surface area contributed by atoms with E-state index < -0.39 is 0 Å². The summed E-state index contributed by atoms with van der Waals surface area (Å²) in [5.74, 6) is 0. The highest BCUT2D eigenvalue weighted by Crippen LogP contribution is 2.29. The first-order valence-corrected chi connectivity index (χ1v) is 8.49. The molecule has 1 aromatic heterocycles. The van der Waals surface area contributed by atoms with Crippen molar-refractivity contribution in [3.63, 3.8) is 0 Å². The van der Waals surface area contributed by atoms with E-state index in [2.05, 4.69) is 61.0 Å². The molecule has 0 radical (unpaired) electrons. The third kappa shape index (κ3) is 6.21. The molecule has 1 fully saturated rings. The Bertz CT molecular complexity index is 466. The summed E-state index contributed by atoms with van der Waals surface area (Å²) in [6, 6.07) is 5.14. The van der Waals surface area contributed by atoms with E-state index in [1.54, 1.807) is 0 Å². The highest BCUT2D eigenvalue weighted by molar-refractivity contribution is 5.12. The van der Waals surface area contributed by atoms with Crippen molar-refractivity contribution in [1.29, 1.82) is 0 Å². The SMILES string of the molecule is CC(C)=CCCCCC[n+]1cccc([C@@H]2CCCN2C)c1.[Br-]. The quantitative estimate of drug-likeness (QED) is 0.400. The van der Waals surface area contributed by atoms with E-state index in [0.29, 0.717) is 6.04 Å². The van der Waals surface area contributed by atoms with Crippen molar-refractivity contribution in [3.05, 3.63) is 41.7 Å². The zero-order valence-electron chi connectivity index (χ0n) is 14.4. The van der Waals surface area contributed by atoms with Crippen LogP contribution in [0.4, 0.5) is 0 Å². The van der Waals surface area contributed by atoms with Crippen LogP contribution in [0.2, 0.25) is 0 Å². The van der Waals surface area contributed by atoms with Crippen molar-refractivity contribution < 1.29 is 21.5 Å². The Hall–Kier alpha value is -0.670. The molecule has 1 aliphatic heterocycles. The lowest BCUT2D eigenvalue weighted by Gasteiger charge is -2.18. The molecule has 0 bridgehead atoms. The van der Waals surface area contributed by atoms with Gasteiger partial charge in [-0.3, -0.25) is 4.90 Å². The van der Waals surface area contributed by atoms with Crippen LogP contribution < -0.4 is 21.5 Å². The molecular weight excluding hydrogens is 336 g/mol. The molecule has 22 heavy (non-hydrogen) atoms. The van der Waals surface area contributed by atoms with E-state index in [0.717, 1.165) is 6.54 Å². The Balaban J connectivity index is 0.00000242. The number of rotatable bonds is 7. The molecule has 0 saturated carbocycles. The number of unbranched alkanes of at least 4 members (excludes halogenated alkanes) is 3. The average molecular weight is 367 g/mol. The molecule has 0 unspecified atom stereocenters. The highest BCUT2D eigenvalue weighted by Gasteiger charge is 2.24. The third-order valence-corrected chi connectivity index (χ3v) is 4.46. The van der Waals surface area contributed by atoms with Crippen molar-refractivity contribution in [1.82, 2.24) is 4.90 Å². The average Bonchev–Trinajstić information content (AvgIpc) is 2.89. The van der Waals surface area contributed by atoms with Crippen molar-refractivity contribution in [2.24, 2.45) is 0 Å². The molecule has 124 valence electrons. The maximum Gasteiger partial charge on any atom is 0.173 e. The second-order valence-corrected chi connectivity index (χ2v) is 6.64. The first-order valence-electron chi connectivity index (χ1n) is 8.49. The van der Waals surface area contributed by atoms with Crippen molar-refractivity contribution in [2.45, 2.75) is 65.0 Å². The van der Waals surface area contributed by atoms with Crippen LogP contribution in [0.25, 0.3) is 0 Å². The number of aryl methyl sites for hydroxylation is 1. The van der Waals surface area contributed by atoms with Crippen LogP contribution in [-0.2, 0) is 6.54 Å². The smallest absolute Gasteiger partial charge is 0.173 e. The number of hydrogen-bond donors (Lipinski definition) is 0. The van der Waals surface area contributed by atoms with E-state index >= 15 is 0 Å². The Labute approximate surface area is 147 Å². The first kappa shape index (κ1) is 19.4. The molecule has 0 N–H and O–H groups in total. The summed E-state index contributed by atoms with van der Waals surface area (Å²) in [6.45, 7) is 6.76. The Morgan fingerprint density at radius 3 is 2.82 bits per heavy atom. The molecule has 0 aliphatic carbocycles. The lowest BCUT2D eigenvalue weighted by Crippen LogP contribution is -3.00. The maximum atomic E-state index is 2.49. The minimum atomic E-state index is 0. The van der Waals surface area contributed by atoms with Gasteiger partial charge in [0.15, 0.2) is 12.4 Å². The van der Waals surface area contributed by atoms with Gasteiger partial charge in [0.2, 0.25) is 0 Å². The summed E-state index contributed by atoms with van der Waals surface area (Å²) in [6.07, 6.45) is 14.7. The zero-order chi connectivity index (χ0) is 15.1. The molecule has 0 amide bonds. The Kier molecular flexibility index (Phi) is 8.96. The van der Waals surface area contributed by atoms with Gasteiger partial charge in [0.1, 0.15) is 6.54 Å². The van der Waals surface area contributed by atoms with E-state index in [-0.39, 0.29) is 17.0 Å². The van der Waals surface area contributed by atoms with Gasteiger partial charge in [-0.05, 0) is 65.6 Å². The van der Waals surface area contributed by atoms with Gasteiger partial charge in [-0.2, -0.15) is 0 Å². The molecule has 0 spiro atoms. The predicted molar refractivity (Wildman–Crippen MR) is 89.1 cm³/mol. The van der Waals surface area contributed by atoms with Gasteiger partial charge in [-0.1, -0.05) is 11.6 Å². The van der Waals surface area contributed by atoms with Gasteiger partial charge in [0, 0.05) is 24.1 Å². The molecule has 3 heteroatoms. The number of allylic oxidation sites excluding steroid dienone is 2.